The third-order valence-electron chi connectivity index (χ3n) is 4.20. The van der Waals surface area contributed by atoms with Crippen molar-refractivity contribution in [1.82, 2.24) is 9.97 Å². The number of rotatable bonds is 4. The van der Waals surface area contributed by atoms with Crippen LogP contribution in [0.25, 0.3) is 0 Å². The zero-order valence-corrected chi connectivity index (χ0v) is 15.2. The van der Waals surface area contributed by atoms with Crippen molar-refractivity contribution < 1.29 is 4.74 Å². The van der Waals surface area contributed by atoms with Crippen LogP contribution < -0.4 is 9.64 Å². The molecule has 2 aromatic rings. The fraction of sp³-hybridized carbons (Fsp3) is 0.389. The monoisotopic (exact) mass is 386 g/mol. The lowest BCUT2D eigenvalue weighted by Gasteiger charge is -2.33. The van der Waals surface area contributed by atoms with Crippen LogP contribution >= 0.6 is 15.9 Å². The molecule has 24 heavy (non-hydrogen) atoms. The van der Waals surface area contributed by atoms with Crippen LogP contribution in [-0.4, -0.2) is 29.7 Å². The summed E-state index contributed by atoms with van der Waals surface area (Å²) >= 11 is 3.36. The Labute approximate surface area is 150 Å². The predicted molar refractivity (Wildman–Crippen MR) is 96.1 cm³/mol. The van der Waals surface area contributed by atoms with Crippen LogP contribution in [0.1, 0.15) is 24.1 Å². The Morgan fingerprint density at radius 2 is 2.17 bits per heavy atom. The zero-order valence-electron chi connectivity index (χ0n) is 13.6. The smallest absolute Gasteiger partial charge is 0.213 e. The van der Waals surface area contributed by atoms with Gasteiger partial charge in [-0.15, -0.1) is 0 Å². The molecule has 0 aliphatic carbocycles. The number of aromatic nitrogens is 2. The molecule has 1 fully saturated rings. The van der Waals surface area contributed by atoms with Gasteiger partial charge in [0.25, 0.3) is 0 Å². The van der Waals surface area contributed by atoms with E-state index in [0.717, 1.165) is 41.9 Å². The standard InChI is InChI=1S/C18H19BrN4O/c1-13-3-2-4-17(22-13)24-12-14-5-7-23(8-6-14)18-15(10-20)9-16(19)11-21-18/h2-4,9,11,14H,5-8,12H2,1H3. The van der Waals surface area contributed by atoms with E-state index in [-0.39, 0.29) is 0 Å². The molecular formula is C18H19BrN4O. The number of nitrogens with zero attached hydrogens (tertiary/aromatic N) is 4. The molecule has 1 aliphatic heterocycles. The summed E-state index contributed by atoms with van der Waals surface area (Å²) in [6.45, 7) is 4.42. The average molecular weight is 387 g/mol. The summed E-state index contributed by atoms with van der Waals surface area (Å²) in [6, 6.07) is 9.87. The molecule has 1 aliphatic rings. The largest absolute Gasteiger partial charge is 0.477 e. The molecule has 3 heterocycles. The van der Waals surface area contributed by atoms with Crippen molar-refractivity contribution in [1.29, 1.82) is 5.26 Å². The van der Waals surface area contributed by atoms with Crippen LogP contribution in [-0.2, 0) is 0 Å². The van der Waals surface area contributed by atoms with Gasteiger partial charge >= 0.3 is 0 Å². The highest BCUT2D eigenvalue weighted by atomic mass is 79.9. The van der Waals surface area contributed by atoms with Crippen molar-refractivity contribution in [3.63, 3.8) is 0 Å². The lowest BCUT2D eigenvalue weighted by Crippen LogP contribution is -2.36. The lowest BCUT2D eigenvalue weighted by atomic mass is 9.97. The number of piperidine rings is 1. The molecule has 3 rings (SSSR count). The maximum Gasteiger partial charge on any atom is 0.213 e. The first-order valence-electron chi connectivity index (χ1n) is 8.03. The van der Waals surface area contributed by atoms with Crippen LogP contribution in [0.2, 0.25) is 0 Å². The lowest BCUT2D eigenvalue weighted by molar-refractivity contribution is 0.215. The van der Waals surface area contributed by atoms with E-state index in [1.165, 1.54) is 0 Å². The summed E-state index contributed by atoms with van der Waals surface area (Å²) < 4.78 is 6.65. The fourth-order valence-corrected chi connectivity index (χ4v) is 3.21. The van der Waals surface area contributed by atoms with Crippen molar-refractivity contribution >= 4 is 21.7 Å². The minimum atomic E-state index is 0.504. The molecule has 124 valence electrons. The Bertz CT molecular complexity index is 751. The topological polar surface area (TPSA) is 62.0 Å². The van der Waals surface area contributed by atoms with E-state index >= 15 is 0 Å². The van der Waals surface area contributed by atoms with Gasteiger partial charge in [0, 0.05) is 35.5 Å². The van der Waals surface area contributed by atoms with E-state index in [4.69, 9.17) is 4.74 Å². The highest BCUT2D eigenvalue weighted by Gasteiger charge is 2.22. The number of nitriles is 1. The Balaban J connectivity index is 1.55. The molecule has 2 aromatic heterocycles. The second kappa shape index (κ2) is 7.63. The zero-order chi connectivity index (χ0) is 16.9. The number of halogens is 1. The minimum absolute atomic E-state index is 0.504. The van der Waals surface area contributed by atoms with E-state index in [1.807, 2.05) is 31.2 Å². The van der Waals surface area contributed by atoms with Crippen molar-refractivity contribution in [2.75, 3.05) is 24.6 Å². The molecule has 0 spiro atoms. The van der Waals surface area contributed by atoms with Crippen LogP contribution in [0.4, 0.5) is 5.82 Å². The van der Waals surface area contributed by atoms with E-state index in [0.29, 0.717) is 24.0 Å². The van der Waals surface area contributed by atoms with Crippen LogP contribution in [0.15, 0.2) is 34.9 Å². The predicted octanol–water partition coefficient (Wildman–Crippen LogP) is 3.71. The van der Waals surface area contributed by atoms with Gasteiger partial charge in [-0.05, 0) is 53.7 Å². The normalized spacial score (nSPS) is 15.1. The molecule has 0 N–H and O–H groups in total. The first kappa shape index (κ1) is 16.7. The number of pyridine rings is 2. The van der Waals surface area contributed by atoms with E-state index < -0.39 is 0 Å². The van der Waals surface area contributed by atoms with E-state index in [9.17, 15) is 5.26 Å². The number of hydrogen-bond acceptors (Lipinski definition) is 5. The molecule has 6 heteroatoms. The van der Waals surface area contributed by atoms with Gasteiger partial charge in [-0.25, -0.2) is 9.97 Å². The molecule has 0 radical (unpaired) electrons. The first-order valence-corrected chi connectivity index (χ1v) is 8.82. The maximum atomic E-state index is 9.29. The summed E-state index contributed by atoms with van der Waals surface area (Å²) in [5.74, 6) is 1.98. The molecule has 0 aromatic carbocycles. The number of ether oxygens (including phenoxy) is 1. The van der Waals surface area contributed by atoms with Crippen LogP contribution in [0.3, 0.4) is 0 Å². The summed E-state index contributed by atoms with van der Waals surface area (Å²) in [6.07, 6.45) is 3.79. The highest BCUT2D eigenvalue weighted by Crippen LogP contribution is 2.26. The summed E-state index contributed by atoms with van der Waals surface area (Å²) in [4.78, 5) is 11.0. The number of aryl methyl sites for hydroxylation is 1. The molecular weight excluding hydrogens is 368 g/mol. The van der Waals surface area contributed by atoms with Gasteiger partial charge in [-0.2, -0.15) is 5.26 Å². The maximum absolute atomic E-state index is 9.29. The van der Waals surface area contributed by atoms with Gasteiger partial charge < -0.3 is 9.64 Å². The van der Waals surface area contributed by atoms with Gasteiger partial charge in [0.2, 0.25) is 5.88 Å². The Morgan fingerprint density at radius 1 is 1.38 bits per heavy atom. The quantitative estimate of drug-likeness (QED) is 0.800. The third-order valence-corrected chi connectivity index (χ3v) is 4.63. The SMILES string of the molecule is Cc1cccc(OCC2CCN(c3ncc(Br)cc3C#N)CC2)n1. The third kappa shape index (κ3) is 4.04. The molecule has 5 nitrogen and oxygen atoms in total. The van der Waals surface area contributed by atoms with Gasteiger partial charge in [0.05, 0.1) is 12.2 Å². The van der Waals surface area contributed by atoms with Gasteiger partial charge in [0.15, 0.2) is 0 Å². The van der Waals surface area contributed by atoms with Crippen molar-refractivity contribution in [2.45, 2.75) is 19.8 Å². The number of hydrogen-bond donors (Lipinski definition) is 0. The van der Waals surface area contributed by atoms with Gasteiger partial charge in [-0.1, -0.05) is 6.07 Å². The molecule has 0 atom stereocenters. The van der Waals surface area contributed by atoms with E-state index in [1.54, 1.807) is 6.20 Å². The van der Waals surface area contributed by atoms with Crippen LogP contribution in [0.5, 0.6) is 5.88 Å². The second-order valence-electron chi connectivity index (χ2n) is 6.00. The molecule has 1 saturated heterocycles. The summed E-state index contributed by atoms with van der Waals surface area (Å²) in [7, 11) is 0. The van der Waals surface area contributed by atoms with Crippen molar-refractivity contribution in [3.05, 3.63) is 46.2 Å². The second-order valence-corrected chi connectivity index (χ2v) is 6.91. The van der Waals surface area contributed by atoms with Crippen molar-refractivity contribution in [3.8, 4) is 11.9 Å². The first-order chi connectivity index (χ1) is 11.7. The minimum Gasteiger partial charge on any atom is -0.477 e. The molecule has 0 saturated carbocycles. The molecule has 0 bridgehead atoms. The van der Waals surface area contributed by atoms with Crippen LogP contribution in [0, 0.1) is 24.2 Å². The molecule has 0 unspecified atom stereocenters. The fourth-order valence-electron chi connectivity index (χ4n) is 2.88. The Hall–Kier alpha value is -2.13. The van der Waals surface area contributed by atoms with Crippen molar-refractivity contribution in [2.24, 2.45) is 5.92 Å². The Kier molecular flexibility index (Phi) is 5.31. The van der Waals surface area contributed by atoms with Gasteiger partial charge in [-0.3, -0.25) is 0 Å². The summed E-state index contributed by atoms with van der Waals surface area (Å²) in [5.41, 5.74) is 1.58. The van der Waals surface area contributed by atoms with Gasteiger partial charge in [0.1, 0.15) is 11.9 Å². The molecule has 0 amide bonds. The number of anilines is 1. The van der Waals surface area contributed by atoms with E-state index in [2.05, 4.69) is 36.9 Å². The Morgan fingerprint density at radius 3 is 2.88 bits per heavy atom. The highest BCUT2D eigenvalue weighted by molar-refractivity contribution is 9.10. The average Bonchev–Trinajstić information content (AvgIpc) is 2.60. The summed E-state index contributed by atoms with van der Waals surface area (Å²) in [5, 5.41) is 9.29.